The predicted molar refractivity (Wildman–Crippen MR) is 132 cm³/mol. The zero-order valence-electron chi connectivity index (χ0n) is 20.2. The maximum Gasteiger partial charge on any atom is 0.408 e. The first-order valence-corrected chi connectivity index (χ1v) is 11.4. The summed E-state index contributed by atoms with van der Waals surface area (Å²) in [7, 11) is 0. The molecule has 3 aromatic carbocycles. The van der Waals surface area contributed by atoms with Gasteiger partial charge in [-0.15, -0.1) is 0 Å². The first-order chi connectivity index (χ1) is 16.7. The molecule has 35 heavy (non-hydrogen) atoms. The van der Waals surface area contributed by atoms with E-state index in [-0.39, 0.29) is 6.42 Å². The number of carbonyl (C=O) groups is 2. The molecule has 0 aliphatic rings. The van der Waals surface area contributed by atoms with Gasteiger partial charge in [-0.05, 0) is 49.6 Å². The summed E-state index contributed by atoms with van der Waals surface area (Å²) in [4.78, 5) is 23.9. The molecule has 0 heterocycles. The summed E-state index contributed by atoms with van der Waals surface area (Å²) in [5, 5.41) is 12.1. The number of amides is 1. The number of benzene rings is 3. The lowest BCUT2D eigenvalue weighted by Crippen LogP contribution is -2.44. The molecule has 3 rings (SSSR count). The first kappa shape index (κ1) is 25.6. The quantitative estimate of drug-likeness (QED) is 0.408. The van der Waals surface area contributed by atoms with Crippen LogP contribution in [0.25, 0.3) is 0 Å². The molecule has 0 saturated heterocycles. The van der Waals surface area contributed by atoms with E-state index in [2.05, 4.69) is 5.32 Å². The molecule has 1 atom stereocenters. The molecule has 1 unspecified atom stereocenters. The number of alkyl carbamates (subject to hydrolysis) is 1. The standard InChI is InChI=1S/C28H31NO6/c1-28(2,3)35-27(32)29-23(26(30)31)16-22-14-15-24(33-18-20-10-6-4-7-11-20)25(17-22)34-19-21-12-8-5-9-13-21/h4-15,17,23H,16,18-19H2,1-3H3,(H,29,32)(H,30,31). The average Bonchev–Trinajstić information content (AvgIpc) is 2.81. The van der Waals surface area contributed by atoms with Gasteiger partial charge in [0.1, 0.15) is 24.9 Å². The Hall–Kier alpha value is -4.00. The Morgan fingerprint density at radius 2 is 1.34 bits per heavy atom. The van der Waals surface area contributed by atoms with Crippen molar-refractivity contribution in [2.24, 2.45) is 0 Å². The third-order valence-electron chi connectivity index (χ3n) is 4.91. The molecular weight excluding hydrogens is 446 g/mol. The van der Waals surface area contributed by atoms with E-state index in [1.807, 2.05) is 60.7 Å². The maximum absolute atomic E-state index is 12.1. The Balaban J connectivity index is 1.77. The predicted octanol–water partition coefficient (Wildman–Crippen LogP) is 5.37. The second-order valence-electron chi connectivity index (χ2n) is 9.07. The van der Waals surface area contributed by atoms with Crippen LogP contribution in [0.15, 0.2) is 78.9 Å². The van der Waals surface area contributed by atoms with Crippen LogP contribution < -0.4 is 14.8 Å². The van der Waals surface area contributed by atoms with E-state index in [0.717, 1.165) is 11.1 Å². The number of rotatable bonds is 10. The van der Waals surface area contributed by atoms with Crippen LogP contribution in [0.4, 0.5) is 4.79 Å². The Morgan fingerprint density at radius 3 is 1.86 bits per heavy atom. The third kappa shape index (κ3) is 8.70. The minimum absolute atomic E-state index is 0.0508. The van der Waals surface area contributed by atoms with Crippen molar-refractivity contribution in [3.8, 4) is 11.5 Å². The molecule has 0 fully saturated rings. The lowest BCUT2D eigenvalue weighted by Gasteiger charge is -2.22. The van der Waals surface area contributed by atoms with Crippen molar-refractivity contribution in [3.05, 3.63) is 95.6 Å². The van der Waals surface area contributed by atoms with E-state index in [9.17, 15) is 14.7 Å². The van der Waals surface area contributed by atoms with E-state index in [1.165, 1.54) is 0 Å². The molecule has 0 aliphatic carbocycles. The van der Waals surface area contributed by atoms with Gasteiger partial charge in [0.2, 0.25) is 0 Å². The molecule has 0 aromatic heterocycles. The average molecular weight is 478 g/mol. The van der Waals surface area contributed by atoms with Gasteiger partial charge in [-0.1, -0.05) is 66.7 Å². The van der Waals surface area contributed by atoms with Crippen LogP contribution in [-0.2, 0) is 29.2 Å². The summed E-state index contributed by atoms with van der Waals surface area (Å²) in [6.45, 7) is 5.83. The monoisotopic (exact) mass is 477 g/mol. The number of hydrogen-bond acceptors (Lipinski definition) is 5. The van der Waals surface area contributed by atoms with Crippen molar-refractivity contribution >= 4 is 12.1 Å². The number of carboxylic acid groups (broad SMARTS) is 1. The minimum atomic E-state index is -1.16. The van der Waals surface area contributed by atoms with Crippen LogP contribution in [0.5, 0.6) is 11.5 Å². The lowest BCUT2D eigenvalue weighted by molar-refractivity contribution is -0.139. The van der Waals surface area contributed by atoms with Gasteiger partial charge in [0, 0.05) is 6.42 Å². The van der Waals surface area contributed by atoms with Gasteiger partial charge in [-0.25, -0.2) is 9.59 Å². The Morgan fingerprint density at radius 1 is 0.800 bits per heavy atom. The highest BCUT2D eigenvalue weighted by molar-refractivity contribution is 5.80. The number of carboxylic acids is 1. The smallest absolute Gasteiger partial charge is 0.408 e. The van der Waals surface area contributed by atoms with E-state index in [4.69, 9.17) is 14.2 Å². The molecule has 0 bridgehead atoms. The Labute approximate surface area is 205 Å². The first-order valence-electron chi connectivity index (χ1n) is 11.4. The second-order valence-corrected chi connectivity index (χ2v) is 9.07. The van der Waals surface area contributed by atoms with Gasteiger partial charge in [0.15, 0.2) is 11.5 Å². The molecule has 3 aromatic rings. The van der Waals surface area contributed by atoms with Gasteiger partial charge in [0.05, 0.1) is 0 Å². The molecule has 0 radical (unpaired) electrons. The fraction of sp³-hybridized carbons (Fsp3) is 0.286. The van der Waals surface area contributed by atoms with Crippen molar-refractivity contribution in [2.75, 3.05) is 0 Å². The van der Waals surface area contributed by atoms with Crippen molar-refractivity contribution in [1.29, 1.82) is 0 Å². The number of nitrogens with one attached hydrogen (secondary N) is 1. The second kappa shape index (κ2) is 11.9. The highest BCUT2D eigenvalue weighted by atomic mass is 16.6. The van der Waals surface area contributed by atoms with Gasteiger partial charge < -0.3 is 24.6 Å². The third-order valence-corrected chi connectivity index (χ3v) is 4.91. The van der Waals surface area contributed by atoms with E-state index < -0.39 is 23.7 Å². The van der Waals surface area contributed by atoms with E-state index in [0.29, 0.717) is 30.3 Å². The van der Waals surface area contributed by atoms with Crippen LogP contribution in [0.3, 0.4) is 0 Å². The van der Waals surface area contributed by atoms with Crippen LogP contribution >= 0.6 is 0 Å². The van der Waals surface area contributed by atoms with Crippen molar-refractivity contribution < 1.29 is 28.9 Å². The number of ether oxygens (including phenoxy) is 3. The molecular formula is C28H31NO6. The van der Waals surface area contributed by atoms with Crippen LogP contribution in [0.1, 0.15) is 37.5 Å². The van der Waals surface area contributed by atoms with Gasteiger partial charge >= 0.3 is 12.1 Å². The zero-order chi connectivity index (χ0) is 25.3. The van der Waals surface area contributed by atoms with Gasteiger partial charge in [-0.3, -0.25) is 0 Å². The van der Waals surface area contributed by atoms with Crippen molar-refractivity contribution in [1.82, 2.24) is 5.32 Å². The van der Waals surface area contributed by atoms with Gasteiger partial charge in [0.25, 0.3) is 0 Å². The highest BCUT2D eigenvalue weighted by Crippen LogP contribution is 2.30. The topological polar surface area (TPSA) is 94.1 Å². The van der Waals surface area contributed by atoms with Crippen LogP contribution in [0, 0.1) is 0 Å². The molecule has 0 spiro atoms. The van der Waals surface area contributed by atoms with Crippen LogP contribution in [-0.4, -0.2) is 28.8 Å². The maximum atomic E-state index is 12.1. The minimum Gasteiger partial charge on any atom is -0.485 e. The van der Waals surface area contributed by atoms with E-state index >= 15 is 0 Å². The summed E-state index contributed by atoms with van der Waals surface area (Å²) in [6, 6.07) is 23.6. The summed E-state index contributed by atoms with van der Waals surface area (Å²) >= 11 is 0. The SMILES string of the molecule is CC(C)(C)OC(=O)NC(Cc1ccc(OCc2ccccc2)c(OCc2ccccc2)c1)C(=O)O. The van der Waals surface area contributed by atoms with Crippen molar-refractivity contribution in [2.45, 2.75) is 52.0 Å². The summed E-state index contributed by atoms with van der Waals surface area (Å²) in [6.07, 6.45) is -0.733. The largest absolute Gasteiger partial charge is 0.485 e. The van der Waals surface area contributed by atoms with Crippen molar-refractivity contribution in [3.63, 3.8) is 0 Å². The number of aliphatic carboxylic acids is 1. The normalized spacial score (nSPS) is 11.9. The molecule has 7 heteroatoms. The highest BCUT2D eigenvalue weighted by Gasteiger charge is 2.24. The molecule has 2 N–H and O–H groups in total. The molecule has 1 amide bonds. The number of carbonyl (C=O) groups excluding carboxylic acids is 1. The molecule has 0 saturated carbocycles. The molecule has 184 valence electrons. The molecule has 7 nitrogen and oxygen atoms in total. The summed E-state index contributed by atoms with van der Waals surface area (Å²) in [5.74, 6) is -0.129. The molecule has 0 aliphatic heterocycles. The Kier molecular flexibility index (Phi) is 8.73. The summed E-state index contributed by atoms with van der Waals surface area (Å²) in [5.41, 5.74) is 1.94. The fourth-order valence-electron chi connectivity index (χ4n) is 3.27. The fourth-order valence-corrected chi connectivity index (χ4v) is 3.27. The summed E-state index contributed by atoms with van der Waals surface area (Å²) < 4.78 is 17.3. The number of hydrogen-bond donors (Lipinski definition) is 2. The van der Waals surface area contributed by atoms with E-state index in [1.54, 1.807) is 39.0 Å². The zero-order valence-corrected chi connectivity index (χ0v) is 20.2. The van der Waals surface area contributed by atoms with Crippen LogP contribution in [0.2, 0.25) is 0 Å². The Bertz CT molecular complexity index is 1110. The lowest BCUT2D eigenvalue weighted by atomic mass is 10.1. The van der Waals surface area contributed by atoms with Gasteiger partial charge in [-0.2, -0.15) is 0 Å².